The SMILES string of the molecule is O/N=[C](\[Al])c1cnccc1Cl. The maximum atomic E-state index is 8.39. The Morgan fingerprint density at radius 3 is 3.00 bits per heavy atom. The van der Waals surface area contributed by atoms with Crippen LogP contribution in [0, 0.1) is 0 Å². The minimum absolute atomic E-state index is 0.378. The van der Waals surface area contributed by atoms with Crippen molar-refractivity contribution < 1.29 is 5.21 Å². The second-order valence-corrected chi connectivity index (χ2v) is 2.79. The summed E-state index contributed by atoms with van der Waals surface area (Å²) in [6.07, 6.45) is 3.10. The highest BCUT2D eigenvalue weighted by Gasteiger charge is 2.00. The van der Waals surface area contributed by atoms with E-state index in [0.29, 0.717) is 15.2 Å². The molecule has 0 fully saturated rings. The molecule has 1 heterocycles. The number of pyridine rings is 1. The van der Waals surface area contributed by atoms with E-state index >= 15 is 0 Å². The number of nitrogens with zero attached hydrogens (tertiary/aromatic N) is 2. The van der Waals surface area contributed by atoms with Gasteiger partial charge in [0.2, 0.25) is 16.3 Å². The summed E-state index contributed by atoms with van der Waals surface area (Å²) < 4.78 is 0.378. The lowest BCUT2D eigenvalue weighted by molar-refractivity contribution is 0.321. The lowest BCUT2D eigenvalue weighted by Gasteiger charge is -1.99. The van der Waals surface area contributed by atoms with Crippen molar-refractivity contribution in [1.82, 2.24) is 4.98 Å². The lowest BCUT2D eigenvalue weighted by atomic mass is 10.3. The molecule has 0 aromatic carbocycles. The van der Waals surface area contributed by atoms with Crippen LogP contribution in [0.1, 0.15) is 5.56 Å². The van der Waals surface area contributed by atoms with Crippen molar-refractivity contribution in [2.24, 2.45) is 5.16 Å². The molecule has 0 atom stereocenters. The molecule has 2 radical (unpaired) electrons. The van der Waals surface area contributed by atoms with E-state index in [1.165, 1.54) is 6.20 Å². The van der Waals surface area contributed by atoms with Crippen LogP contribution < -0.4 is 0 Å². The standard InChI is InChI=1S/C6H4ClN2O.Al/c7-6-1-2-8-3-5(6)4-9-10;/h1-3,10H;. The predicted molar refractivity (Wildman–Crippen MR) is 43.3 cm³/mol. The fourth-order valence-electron chi connectivity index (χ4n) is 0.620. The van der Waals surface area contributed by atoms with Crippen LogP contribution >= 0.6 is 11.6 Å². The normalized spacial score (nSPS) is 11.5. The molecular formula is C6H4AlClN2O. The van der Waals surface area contributed by atoms with E-state index in [2.05, 4.69) is 26.4 Å². The van der Waals surface area contributed by atoms with Gasteiger partial charge in [0, 0.05) is 18.0 Å². The van der Waals surface area contributed by atoms with Crippen molar-refractivity contribution in [2.75, 3.05) is 0 Å². The topological polar surface area (TPSA) is 45.5 Å². The highest BCUT2D eigenvalue weighted by molar-refractivity contribution is 6.65. The van der Waals surface area contributed by atoms with Gasteiger partial charge in [0.15, 0.2) is 0 Å². The highest BCUT2D eigenvalue weighted by atomic mass is 35.5. The summed E-state index contributed by atoms with van der Waals surface area (Å²) in [7, 11) is 0. The molecule has 0 amide bonds. The summed E-state index contributed by atoms with van der Waals surface area (Å²) in [5.74, 6) is 0. The average Bonchev–Trinajstić information content (AvgIpc) is 2.04. The monoisotopic (exact) mass is 182 g/mol. The number of halogens is 1. The largest absolute Gasteiger partial charge is 0.412 e. The van der Waals surface area contributed by atoms with Crippen LogP contribution in [-0.4, -0.2) is 31.1 Å². The Balaban J connectivity index is 3.14. The van der Waals surface area contributed by atoms with E-state index in [4.69, 9.17) is 16.8 Å². The lowest BCUT2D eigenvalue weighted by Crippen LogP contribution is -2.00. The number of aromatic nitrogens is 1. The zero-order chi connectivity index (χ0) is 8.27. The fraction of sp³-hybridized carbons (Fsp3) is 0. The van der Waals surface area contributed by atoms with Crippen molar-refractivity contribution in [2.45, 2.75) is 0 Å². The van der Waals surface area contributed by atoms with E-state index in [9.17, 15) is 0 Å². The highest BCUT2D eigenvalue weighted by Crippen LogP contribution is 2.12. The first-order valence-corrected chi connectivity index (χ1v) is 3.78. The molecule has 0 aliphatic carbocycles. The molecule has 0 spiro atoms. The van der Waals surface area contributed by atoms with Crippen LogP contribution in [0.15, 0.2) is 23.6 Å². The molecule has 54 valence electrons. The van der Waals surface area contributed by atoms with Crippen LogP contribution in [0.3, 0.4) is 0 Å². The first kappa shape index (κ1) is 8.54. The van der Waals surface area contributed by atoms with Crippen LogP contribution in [-0.2, 0) is 0 Å². The minimum atomic E-state index is 0.378. The maximum absolute atomic E-state index is 8.39. The zero-order valence-corrected chi connectivity index (χ0v) is 7.44. The van der Waals surface area contributed by atoms with Crippen LogP contribution in [0.4, 0.5) is 0 Å². The van der Waals surface area contributed by atoms with Gasteiger partial charge < -0.3 is 5.21 Å². The van der Waals surface area contributed by atoms with Crippen molar-refractivity contribution in [1.29, 1.82) is 0 Å². The molecule has 5 heteroatoms. The summed E-state index contributed by atoms with van der Waals surface area (Å²) in [5, 5.41) is 11.9. The Hall–Kier alpha value is -0.558. The van der Waals surface area contributed by atoms with Gasteiger partial charge in [-0.25, -0.2) is 0 Å². The molecule has 0 saturated carbocycles. The quantitative estimate of drug-likeness (QED) is 0.305. The van der Waals surface area contributed by atoms with Gasteiger partial charge >= 0.3 is 0 Å². The molecule has 1 rings (SSSR count). The summed E-state index contributed by atoms with van der Waals surface area (Å²) >= 11 is 8.01. The maximum Gasteiger partial charge on any atom is 0.216 e. The number of hydrogen-bond acceptors (Lipinski definition) is 3. The first-order valence-electron chi connectivity index (χ1n) is 2.83. The van der Waals surface area contributed by atoms with Crippen molar-refractivity contribution in [3.63, 3.8) is 0 Å². The third kappa shape index (κ3) is 1.93. The molecule has 11 heavy (non-hydrogen) atoms. The van der Waals surface area contributed by atoms with E-state index in [-0.39, 0.29) is 0 Å². The molecule has 1 N–H and O–H groups in total. The Morgan fingerprint density at radius 1 is 1.73 bits per heavy atom. The minimum Gasteiger partial charge on any atom is -0.412 e. The van der Waals surface area contributed by atoms with Gasteiger partial charge in [0.25, 0.3) is 0 Å². The van der Waals surface area contributed by atoms with Crippen molar-refractivity contribution >= 4 is 32.5 Å². The second kappa shape index (κ2) is 3.72. The third-order valence-electron chi connectivity index (χ3n) is 1.15. The average molecular weight is 183 g/mol. The molecule has 1 aromatic heterocycles. The molecule has 1 aromatic rings. The van der Waals surface area contributed by atoms with Crippen LogP contribution in [0.25, 0.3) is 0 Å². The molecule has 0 saturated heterocycles. The Morgan fingerprint density at radius 2 is 2.45 bits per heavy atom. The number of hydrogen-bond donors (Lipinski definition) is 1. The molecule has 0 aliphatic heterocycles. The van der Waals surface area contributed by atoms with Gasteiger partial charge in [0.05, 0.1) is 5.02 Å². The van der Waals surface area contributed by atoms with Crippen LogP contribution in [0.2, 0.25) is 5.02 Å². The summed E-state index contributed by atoms with van der Waals surface area (Å²) in [5.41, 5.74) is 0.613. The van der Waals surface area contributed by atoms with Crippen molar-refractivity contribution in [3.8, 4) is 0 Å². The first-order chi connectivity index (χ1) is 5.25. The third-order valence-corrected chi connectivity index (χ3v) is 1.91. The van der Waals surface area contributed by atoms with E-state index in [1.807, 2.05) is 0 Å². The van der Waals surface area contributed by atoms with E-state index < -0.39 is 0 Å². The van der Waals surface area contributed by atoms with Gasteiger partial charge in [-0.15, -0.1) is 5.16 Å². The molecule has 0 unspecified atom stereocenters. The smallest absolute Gasteiger partial charge is 0.216 e. The van der Waals surface area contributed by atoms with E-state index in [1.54, 1.807) is 12.3 Å². The number of rotatable bonds is 1. The summed E-state index contributed by atoms with van der Waals surface area (Å²) in [6.45, 7) is 0. The Kier molecular flexibility index (Phi) is 2.89. The molecule has 0 aliphatic rings. The van der Waals surface area contributed by atoms with Gasteiger partial charge in [-0.2, -0.15) is 0 Å². The van der Waals surface area contributed by atoms with E-state index in [0.717, 1.165) is 0 Å². The second-order valence-electron chi connectivity index (χ2n) is 1.84. The van der Waals surface area contributed by atoms with Gasteiger partial charge in [-0.05, 0) is 10.6 Å². The van der Waals surface area contributed by atoms with Gasteiger partial charge in [-0.1, -0.05) is 11.6 Å². The zero-order valence-electron chi connectivity index (χ0n) is 5.53. The van der Waals surface area contributed by atoms with Gasteiger partial charge in [0.1, 0.15) is 0 Å². The van der Waals surface area contributed by atoms with Gasteiger partial charge in [-0.3, -0.25) is 4.98 Å². The Bertz CT molecular complexity index is 290. The summed E-state index contributed by atoms with van der Waals surface area (Å²) in [6, 6.07) is 1.63. The molecular weight excluding hydrogens is 179 g/mol. The van der Waals surface area contributed by atoms with Crippen molar-refractivity contribution in [3.05, 3.63) is 29.0 Å². The molecule has 3 nitrogen and oxygen atoms in total. The molecule has 0 bridgehead atoms. The summed E-state index contributed by atoms with van der Waals surface area (Å²) in [4.78, 5) is 3.82. The fourth-order valence-corrected chi connectivity index (χ4v) is 1.14. The predicted octanol–water partition coefficient (Wildman–Crippen LogP) is 1.04. The van der Waals surface area contributed by atoms with Crippen LogP contribution in [0.5, 0.6) is 0 Å². The number of oxime groups is 1. The Labute approximate surface area is 77.1 Å².